The zero-order chi connectivity index (χ0) is 22.7. The van der Waals surface area contributed by atoms with Crippen LogP contribution >= 0.6 is 0 Å². The van der Waals surface area contributed by atoms with Crippen LogP contribution in [0.1, 0.15) is 40.3 Å². The van der Waals surface area contributed by atoms with Gasteiger partial charge >= 0.3 is 0 Å². The summed E-state index contributed by atoms with van der Waals surface area (Å²) < 4.78 is 1.86. The van der Waals surface area contributed by atoms with Gasteiger partial charge in [0.1, 0.15) is 12.4 Å². The second-order valence-corrected chi connectivity index (χ2v) is 8.02. The van der Waals surface area contributed by atoms with Crippen molar-refractivity contribution in [1.29, 1.82) is 0 Å². The molecule has 0 aliphatic heterocycles. The van der Waals surface area contributed by atoms with Gasteiger partial charge in [-0.1, -0.05) is 47.5 Å². The number of nitrogens with zero attached hydrogens (tertiary/aromatic N) is 2. The van der Waals surface area contributed by atoms with E-state index in [1.165, 1.54) is 0 Å². The lowest BCUT2D eigenvalue weighted by atomic mass is 10.1. The van der Waals surface area contributed by atoms with Crippen LogP contribution in [0.4, 0.5) is 5.69 Å². The molecule has 6 heteroatoms. The fourth-order valence-corrected chi connectivity index (χ4v) is 3.62. The Bertz CT molecular complexity index is 1260. The highest BCUT2D eigenvalue weighted by atomic mass is 16.2. The molecule has 1 unspecified atom stereocenters. The highest BCUT2D eigenvalue weighted by Gasteiger charge is 2.20. The van der Waals surface area contributed by atoms with E-state index in [-0.39, 0.29) is 24.4 Å². The Morgan fingerprint density at radius 1 is 0.906 bits per heavy atom. The second-order valence-electron chi connectivity index (χ2n) is 8.02. The van der Waals surface area contributed by atoms with Gasteiger partial charge in [0.05, 0.1) is 17.1 Å². The van der Waals surface area contributed by atoms with E-state index in [2.05, 4.69) is 10.6 Å². The molecule has 1 heterocycles. The minimum atomic E-state index is -0.386. The summed E-state index contributed by atoms with van der Waals surface area (Å²) in [6.07, 6.45) is 0. The van der Waals surface area contributed by atoms with Crippen LogP contribution in [0.5, 0.6) is 0 Å². The van der Waals surface area contributed by atoms with Gasteiger partial charge in [-0.3, -0.25) is 9.59 Å². The molecule has 3 aromatic carbocycles. The maximum atomic E-state index is 12.8. The molecule has 6 nitrogen and oxygen atoms in total. The second kappa shape index (κ2) is 9.06. The number of aromatic nitrogens is 2. The normalized spacial score (nSPS) is 11.8. The van der Waals surface area contributed by atoms with Gasteiger partial charge in [0.15, 0.2) is 0 Å². The molecule has 0 radical (unpaired) electrons. The van der Waals surface area contributed by atoms with Crippen molar-refractivity contribution in [2.75, 3.05) is 5.32 Å². The molecular weight excluding hydrogens is 400 g/mol. The summed E-state index contributed by atoms with van der Waals surface area (Å²) in [6.45, 7) is 5.95. The van der Waals surface area contributed by atoms with Gasteiger partial charge in [-0.15, -0.1) is 0 Å². The van der Waals surface area contributed by atoms with Gasteiger partial charge in [0.25, 0.3) is 5.91 Å². The van der Waals surface area contributed by atoms with Crippen molar-refractivity contribution in [3.05, 3.63) is 95.3 Å². The lowest BCUT2D eigenvalue weighted by molar-refractivity contribution is -0.116. The van der Waals surface area contributed by atoms with Crippen molar-refractivity contribution in [3.8, 4) is 0 Å². The zero-order valence-electron chi connectivity index (χ0n) is 18.4. The summed E-state index contributed by atoms with van der Waals surface area (Å²) in [7, 11) is 0. The van der Waals surface area contributed by atoms with Crippen LogP contribution in [0.15, 0.2) is 72.8 Å². The fraction of sp³-hybridized carbons (Fsp3) is 0.192. The van der Waals surface area contributed by atoms with Gasteiger partial charge in [-0.05, 0) is 57.2 Å². The monoisotopic (exact) mass is 426 g/mol. The molecule has 2 N–H and O–H groups in total. The van der Waals surface area contributed by atoms with E-state index in [0.29, 0.717) is 11.4 Å². The summed E-state index contributed by atoms with van der Waals surface area (Å²) in [5, 5.41) is 5.94. The predicted molar refractivity (Wildman–Crippen MR) is 127 cm³/mol. The van der Waals surface area contributed by atoms with Crippen molar-refractivity contribution in [2.24, 2.45) is 0 Å². The highest BCUT2D eigenvalue weighted by Crippen LogP contribution is 2.22. The summed E-state index contributed by atoms with van der Waals surface area (Å²) in [4.78, 5) is 30.3. The molecule has 162 valence electrons. The number of nitrogens with one attached hydrogen (secondary N) is 2. The molecule has 32 heavy (non-hydrogen) atoms. The van der Waals surface area contributed by atoms with Crippen LogP contribution in [-0.2, 0) is 11.3 Å². The van der Waals surface area contributed by atoms with Crippen molar-refractivity contribution in [2.45, 2.75) is 33.4 Å². The number of anilines is 1. The molecule has 1 atom stereocenters. The molecular formula is C26H26N4O2. The Morgan fingerprint density at radius 3 is 2.22 bits per heavy atom. The number of carbonyl (C=O) groups is 2. The van der Waals surface area contributed by atoms with Crippen molar-refractivity contribution >= 4 is 28.5 Å². The van der Waals surface area contributed by atoms with Gasteiger partial charge in [-0.25, -0.2) is 4.98 Å². The third kappa shape index (κ3) is 4.70. The van der Waals surface area contributed by atoms with Crippen LogP contribution in [-0.4, -0.2) is 21.4 Å². The Labute approximate surface area is 187 Å². The molecule has 0 saturated carbocycles. The third-order valence-corrected chi connectivity index (χ3v) is 5.37. The quantitative estimate of drug-likeness (QED) is 0.466. The van der Waals surface area contributed by atoms with Gasteiger partial charge in [0, 0.05) is 11.3 Å². The van der Waals surface area contributed by atoms with Crippen LogP contribution in [0.3, 0.4) is 0 Å². The number of aryl methyl sites for hydroxylation is 2. The third-order valence-electron chi connectivity index (χ3n) is 5.37. The molecule has 0 bridgehead atoms. The Morgan fingerprint density at radius 2 is 1.53 bits per heavy atom. The van der Waals surface area contributed by atoms with Gasteiger partial charge < -0.3 is 15.2 Å². The number of rotatable bonds is 6. The van der Waals surface area contributed by atoms with E-state index in [1.807, 2.05) is 86.0 Å². The fourth-order valence-electron chi connectivity index (χ4n) is 3.62. The molecule has 4 aromatic rings. The smallest absolute Gasteiger partial charge is 0.251 e. The molecule has 0 saturated heterocycles. The molecule has 0 aliphatic carbocycles. The maximum absolute atomic E-state index is 12.8. The largest absolute Gasteiger partial charge is 0.342 e. The number of para-hydroxylation sites is 2. The average molecular weight is 427 g/mol. The first-order valence-electron chi connectivity index (χ1n) is 10.6. The van der Waals surface area contributed by atoms with Gasteiger partial charge in [-0.2, -0.15) is 0 Å². The first kappa shape index (κ1) is 21.3. The Hall–Kier alpha value is -3.93. The molecule has 2 amide bonds. The SMILES string of the molecule is Cc1ccc(NC(=O)Cn2c(C(C)NC(=O)c3ccc(C)cc3)nc3ccccc32)cc1. The predicted octanol–water partition coefficient (Wildman–Crippen LogP) is 4.78. The van der Waals surface area contributed by atoms with E-state index in [0.717, 1.165) is 27.8 Å². The average Bonchev–Trinajstić information content (AvgIpc) is 3.14. The number of amides is 2. The maximum Gasteiger partial charge on any atom is 0.251 e. The summed E-state index contributed by atoms with van der Waals surface area (Å²) in [6, 6.07) is 22.4. The number of fused-ring (bicyclic) bond motifs is 1. The number of hydrogen-bond acceptors (Lipinski definition) is 3. The molecule has 4 rings (SSSR count). The van der Waals surface area contributed by atoms with Crippen LogP contribution in [0, 0.1) is 13.8 Å². The van der Waals surface area contributed by atoms with Crippen LogP contribution in [0.25, 0.3) is 11.0 Å². The number of carbonyl (C=O) groups excluding carboxylic acids is 2. The van der Waals surface area contributed by atoms with Crippen LogP contribution in [0.2, 0.25) is 0 Å². The zero-order valence-corrected chi connectivity index (χ0v) is 18.4. The number of hydrogen-bond donors (Lipinski definition) is 2. The lowest BCUT2D eigenvalue weighted by Crippen LogP contribution is -2.30. The summed E-state index contributed by atoms with van der Waals surface area (Å²) >= 11 is 0. The number of imidazole rings is 1. The van der Waals surface area contributed by atoms with Crippen LogP contribution < -0.4 is 10.6 Å². The van der Waals surface area contributed by atoms with E-state index < -0.39 is 0 Å². The van der Waals surface area contributed by atoms with E-state index >= 15 is 0 Å². The molecule has 1 aromatic heterocycles. The van der Waals surface area contributed by atoms with E-state index in [9.17, 15) is 9.59 Å². The number of benzene rings is 3. The van der Waals surface area contributed by atoms with Crippen molar-refractivity contribution in [3.63, 3.8) is 0 Å². The topological polar surface area (TPSA) is 76.0 Å². The van der Waals surface area contributed by atoms with Gasteiger partial charge in [0.2, 0.25) is 5.91 Å². The first-order valence-corrected chi connectivity index (χ1v) is 10.6. The summed E-state index contributed by atoms with van der Waals surface area (Å²) in [5.41, 5.74) is 5.18. The minimum absolute atomic E-state index is 0.0917. The highest BCUT2D eigenvalue weighted by molar-refractivity contribution is 5.94. The Balaban J connectivity index is 1.57. The van der Waals surface area contributed by atoms with E-state index in [4.69, 9.17) is 4.98 Å². The lowest BCUT2D eigenvalue weighted by Gasteiger charge is -2.16. The molecule has 0 fully saturated rings. The molecule has 0 aliphatic rings. The standard InChI is InChI=1S/C26H26N4O2/c1-17-8-12-20(13-9-17)26(32)27-19(3)25-29-22-6-4-5-7-23(22)30(25)16-24(31)28-21-14-10-18(2)11-15-21/h4-15,19H,16H2,1-3H3,(H,27,32)(H,28,31). The van der Waals surface area contributed by atoms with Crippen molar-refractivity contribution in [1.82, 2.24) is 14.9 Å². The summed E-state index contributed by atoms with van der Waals surface area (Å²) in [5.74, 6) is 0.293. The molecule has 0 spiro atoms. The van der Waals surface area contributed by atoms with E-state index in [1.54, 1.807) is 12.1 Å². The first-order chi connectivity index (χ1) is 15.4. The van der Waals surface area contributed by atoms with Crippen molar-refractivity contribution < 1.29 is 9.59 Å². The Kier molecular flexibility index (Phi) is 6.03. The minimum Gasteiger partial charge on any atom is -0.342 e.